The zero-order valence-corrected chi connectivity index (χ0v) is 9.73. The van der Waals surface area contributed by atoms with Crippen molar-refractivity contribution in [3.8, 4) is 0 Å². The molecule has 0 spiro atoms. The quantitative estimate of drug-likeness (QED) is 0.675. The van der Waals surface area contributed by atoms with Crippen LogP contribution >= 0.6 is 0 Å². The summed E-state index contributed by atoms with van der Waals surface area (Å²) in [6, 6.07) is 0. The van der Waals surface area contributed by atoms with Crippen molar-refractivity contribution in [2.45, 2.75) is 22.9 Å². The van der Waals surface area contributed by atoms with Crippen LogP contribution < -0.4 is 0 Å². The molecule has 1 heterocycles. The van der Waals surface area contributed by atoms with Gasteiger partial charge in [-0.25, -0.2) is 0 Å². The first-order valence-corrected chi connectivity index (χ1v) is 6.33. The van der Waals surface area contributed by atoms with E-state index in [-0.39, 0.29) is 13.1 Å². The van der Waals surface area contributed by atoms with Gasteiger partial charge in [-0.3, -0.25) is 0 Å². The first kappa shape index (κ1) is 8.70. The van der Waals surface area contributed by atoms with Crippen LogP contribution in [0.4, 0.5) is 0 Å². The molecule has 0 aromatic rings. The van der Waals surface area contributed by atoms with Crippen molar-refractivity contribution in [1.82, 2.24) is 0 Å². The van der Waals surface area contributed by atoms with E-state index in [1.165, 1.54) is 19.3 Å². The van der Waals surface area contributed by atoms with Crippen LogP contribution in [0.3, 0.4) is 0 Å². The van der Waals surface area contributed by atoms with Gasteiger partial charge in [-0.2, -0.15) is 0 Å². The standard InChI is InChI=1S/C7H13OSi.Pt/c1-2-9-7-5-3-4-6-8-7;/h2H,1,3-6,9H2;. The van der Waals surface area contributed by atoms with E-state index in [1.54, 1.807) is 0 Å². The van der Waals surface area contributed by atoms with Crippen LogP contribution in [0.5, 0.6) is 0 Å². The van der Waals surface area contributed by atoms with Gasteiger partial charge in [-0.15, -0.1) is 0 Å². The molecule has 0 bridgehead atoms. The second-order valence-electron chi connectivity index (χ2n) is 2.63. The van der Waals surface area contributed by atoms with E-state index in [4.69, 9.17) is 4.74 Å². The van der Waals surface area contributed by atoms with Crippen LogP contribution in [0.2, 0.25) is 0 Å². The van der Waals surface area contributed by atoms with Crippen molar-refractivity contribution in [1.29, 1.82) is 0 Å². The number of hydrogen-bond donors (Lipinski definition) is 0. The van der Waals surface area contributed by atoms with E-state index in [0.717, 1.165) is 6.61 Å². The van der Waals surface area contributed by atoms with E-state index < -0.39 is 0 Å². The van der Waals surface area contributed by atoms with Crippen LogP contribution in [0.1, 0.15) is 19.3 Å². The van der Waals surface area contributed by atoms with Crippen molar-refractivity contribution < 1.29 is 24.6 Å². The molecule has 3 heteroatoms. The summed E-state index contributed by atoms with van der Waals surface area (Å²) in [5.74, 6) is 0. The summed E-state index contributed by atoms with van der Waals surface area (Å²) in [5, 5.41) is 0. The Bertz CT molecular complexity index is 121. The van der Waals surface area contributed by atoms with Gasteiger partial charge in [0.15, 0.2) is 0 Å². The summed E-state index contributed by atoms with van der Waals surface area (Å²) in [7, 11) is -0.191. The van der Waals surface area contributed by atoms with E-state index >= 15 is 0 Å². The van der Waals surface area contributed by atoms with Gasteiger partial charge in [0.1, 0.15) is 0 Å². The Morgan fingerprint density at radius 3 is 2.90 bits per heavy atom. The molecule has 1 unspecified atom stereocenters. The zero-order valence-electron chi connectivity index (χ0n) is 6.04. The predicted molar refractivity (Wildman–Crippen MR) is 41.3 cm³/mol. The molecule has 0 aromatic carbocycles. The second kappa shape index (κ2) is 3.84. The molecule has 0 N–H and O–H groups in total. The van der Waals surface area contributed by atoms with E-state index in [9.17, 15) is 0 Å². The minimum absolute atomic E-state index is 0.191. The summed E-state index contributed by atoms with van der Waals surface area (Å²) < 4.78 is 5.91. The maximum atomic E-state index is 5.68. The molecule has 0 radical (unpaired) electrons. The summed E-state index contributed by atoms with van der Waals surface area (Å²) in [5.41, 5.74) is 2.08. The molecule has 1 atom stereocenters. The Hall–Kier alpha value is 0.605. The van der Waals surface area contributed by atoms with E-state index in [2.05, 4.69) is 32.1 Å². The van der Waals surface area contributed by atoms with Crippen molar-refractivity contribution >= 4 is 9.52 Å². The Kier molecular flexibility index (Phi) is 3.34. The summed E-state index contributed by atoms with van der Waals surface area (Å²) in [6.07, 6.45) is 3.83. The summed E-state index contributed by atoms with van der Waals surface area (Å²) >= 11 is 2.44. The number of rotatable bonds is 2. The molecule has 1 fully saturated rings. The molecule has 0 aliphatic carbocycles. The van der Waals surface area contributed by atoms with Gasteiger partial charge >= 0.3 is 75.8 Å². The van der Waals surface area contributed by atoms with Gasteiger partial charge in [0.05, 0.1) is 0 Å². The van der Waals surface area contributed by atoms with Crippen molar-refractivity contribution in [2.24, 2.45) is 0 Å². The SMILES string of the molecule is C=C[SiH2][C]1([Pt])CCCCO1. The maximum absolute atomic E-state index is 5.68. The van der Waals surface area contributed by atoms with Gasteiger partial charge in [0.25, 0.3) is 0 Å². The van der Waals surface area contributed by atoms with Crippen LogP contribution in [-0.2, 0) is 24.6 Å². The fraction of sp³-hybridized carbons (Fsp3) is 0.714. The van der Waals surface area contributed by atoms with Gasteiger partial charge in [-0.05, 0) is 0 Å². The van der Waals surface area contributed by atoms with Crippen LogP contribution in [0.25, 0.3) is 0 Å². The molecule has 0 amide bonds. The molecule has 1 aliphatic rings. The van der Waals surface area contributed by atoms with Crippen molar-refractivity contribution in [3.05, 3.63) is 12.3 Å². The third kappa shape index (κ3) is 2.33. The van der Waals surface area contributed by atoms with Gasteiger partial charge < -0.3 is 0 Å². The van der Waals surface area contributed by atoms with Crippen LogP contribution in [0, 0.1) is 0 Å². The first-order valence-electron chi connectivity index (χ1n) is 3.67. The normalized spacial score (nSPS) is 35.0. The zero-order chi connectivity index (χ0) is 7.45. The van der Waals surface area contributed by atoms with Crippen LogP contribution in [0.15, 0.2) is 12.3 Å². The Labute approximate surface area is 75.9 Å². The van der Waals surface area contributed by atoms with Crippen LogP contribution in [-0.4, -0.2) is 19.7 Å². The molecule has 1 nitrogen and oxygen atoms in total. The Morgan fingerprint density at radius 1 is 1.60 bits per heavy atom. The number of ether oxygens (including phenoxy) is 1. The average Bonchev–Trinajstić information content (AvgIpc) is 1.89. The minimum atomic E-state index is -0.191. The molecule has 1 aliphatic heterocycles. The Morgan fingerprint density at radius 2 is 2.40 bits per heavy atom. The van der Waals surface area contributed by atoms with Gasteiger partial charge in [0, 0.05) is 0 Å². The number of hydrogen-bond acceptors (Lipinski definition) is 1. The molecule has 10 heavy (non-hydrogen) atoms. The fourth-order valence-corrected chi connectivity index (χ4v) is 3.92. The fourth-order valence-electron chi connectivity index (χ4n) is 1.17. The topological polar surface area (TPSA) is 9.23 Å². The Balaban J connectivity index is 2.39. The molecular weight excluding hydrogens is 323 g/mol. The predicted octanol–water partition coefficient (Wildman–Crippen LogP) is 0.700. The molecule has 0 saturated carbocycles. The monoisotopic (exact) mass is 336 g/mol. The van der Waals surface area contributed by atoms with Crippen molar-refractivity contribution in [2.75, 3.05) is 6.61 Å². The summed E-state index contributed by atoms with van der Waals surface area (Å²) in [4.78, 5) is 0. The van der Waals surface area contributed by atoms with E-state index in [0.29, 0.717) is 0 Å². The third-order valence-corrected chi connectivity index (χ3v) is 5.44. The molecule has 1 saturated heterocycles. The third-order valence-electron chi connectivity index (χ3n) is 1.72. The van der Waals surface area contributed by atoms with Gasteiger partial charge in [-0.1, -0.05) is 0 Å². The molecule has 61 valence electrons. The molecular formula is C7H13OPtSi. The average molecular weight is 336 g/mol. The molecule has 0 aromatic heterocycles. The van der Waals surface area contributed by atoms with Crippen molar-refractivity contribution in [3.63, 3.8) is 0 Å². The molecule has 1 rings (SSSR count). The van der Waals surface area contributed by atoms with Gasteiger partial charge in [0.2, 0.25) is 0 Å². The second-order valence-corrected chi connectivity index (χ2v) is 8.30. The first-order chi connectivity index (χ1) is 4.77. The van der Waals surface area contributed by atoms with E-state index in [1.807, 2.05) is 0 Å². The summed E-state index contributed by atoms with van der Waals surface area (Å²) in [6.45, 7) is 4.74.